The molecule has 0 fully saturated rings. The molecule has 4 nitrogen and oxygen atoms in total. The molecule has 116 valence electrons. The second-order valence-corrected chi connectivity index (χ2v) is 5.73. The van der Waals surface area contributed by atoms with E-state index < -0.39 is 6.10 Å². The zero-order valence-electron chi connectivity index (χ0n) is 13.6. The normalized spacial score (nSPS) is 14.5. The van der Waals surface area contributed by atoms with Crippen LogP contribution in [0.5, 0.6) is 0 Å². The molecule has 0 saturated heterocycles. The molecule has 0 saturated carbocycles. The van der Waals surface area contributed by atoms with Crippen LogP contribution in [-0.4, -0.2) is 27.2 Å². The van der Waals surface area contributed by atoms with Crippen molar-refractivity contribution in [1.82, 2.24) is 14.9 Å². The molecule has 0 aliphatic rings. The molecule has 2 unspecified atom stereocenters. The van der Waals surface area contributed by atoms with E-state index in [4.69, 9.17) is 0 Å². The van der Waals surface area contributed by atoms with E-state index in [0.717, 1.165) is 41.8 Å². The molecule has 1 heterocycles. The number of imidazole rings is 1. The monoisotopic (exact) mass is 289 g/mol. The molecule has 0 bridgehead atoms. The van der Waals surface area contributed by atoms with Crippen molar-refractivity contribution in [2.75, 3.05) is 6.54 Å². The maximum atomic E-state index is 10.6. The first-order valence-corrected chi connectivity index (χ1v) is 7.92. The lowest BCUT2D eigenvalue weighted by molar-refractivity contribution is 0.126. The summed E-state index contributed by atoms with van der Waals surface area (Å²) in [6.07, 6.45) is 2.73. The Morgan fingerprint density at radius 3 is 2.76 bits per heavy atom. The van der Waals surface area contributed by atoms with Gasteiger partial charge in [0.1, 0.15) is 5.82 Å². The Hall–Kier alpha value is -1.39. The van der Waals surface area contributed by atoms with E-state index in [1.165, 1.54) is 6.42 Å². The molecule has 0 aliphatic carbocycles. The van der Waals surface area contributed by atoms with Crippen molar-refractivity contribution in [2.24, 2.45) is 7.05 Å². The van der Waals surface area contributed by atoms with Crippen molar-refractivity contribution < 1.29 is 5.11 Å². The molecule has 0 spiro atoms. The Balaban J connectivity index is 2.19. The highest BCUT2D eigenvalue weighted by atomic mass is 16.3. The largest absolute Gasteiger partial charge is 0.387 e. The lowest BCUT2D eigenvalue weighted by Crippen LogP contribution is -2.35. The highest BCUT2D eigenvalue weighted by Crippen LogP contribution is 2.23. The van der Waals surface area contributed by atoms with Gasteiger partial charge in [-0.1, -0.05) is 26.3 Å². The van der Waals surface area contributed by atoms with Gasteiger partial charge in [-0.25, -0.2) is 4.98 Å². The summed E-state index contributed by atoms with van der Waals surface area (Å²) in [4.78, 5) is 4.55. The van der Waals surface area contributed by atoms with Gasteiger partial charge in [0.2, 0.25) is 0 Å². The number of benzene rings is 1. The van der Waals surface area contributed by atoms with Crippen LogP contribution in [0.4, 0.5) is 0 Å². The number of nitrogens with zero attached hydrogens (tertiary/aromatic N) is 2. The van der Waals surface area contributed by atoms with Crippen LogP contribution in [0.2, 0.25) is 0 Å². The van der Waals surface area contributed by atoms with Gasteiger partial charge >= 0.3 is 0 Å². The molecule has 4 heteroatoms. The summed E-state index contributed by atoms with van der Waals surface area (Å²) in [5.41, 5.74) is 3.00. The Labute approximate surface area is 127 Å². The highest BCUT2D eigenvalue weighted by molar-refractivity contribution is 5.76. The summed E-state index contributed by atoms with van der Waals surface area (Å²) in [6.45, 7) is 7.24. The van der Waals surface area contributed by atoms with Crippen molar-refractivity contribution in [3.8, 4) is 0 Å². The molecule has 1 aromatic heterocycles. The molecule has 2 atom stereocenters. The maximum absolute atomic E-state index is 10.6. The van der Waals surface area contributed by atoms with Crippen LogP contribution in [0.15, 0.2) is 18.2 Å². The van der Waals surface area contributed by atoms with Gasteiger partial charge in [0, 0.05) is 13.1 Å². The van der Waals surface area contributed by atoms with Crippen LogP contribution < -0.4 is 5.32 Å². The molecule has 0 amide bonds. The van der Waals surface area contributed by atoms with Gasteiger partial charge in [-0.05, 0) is 44.0 Å². The summed E-state index contributed by atoms with van der Waals surface area (Å²) in [5, 5.41) is 14.1. The number of rotatable bonds is 7. The minimum Gasteiger partial charge on any atom is -0.387 e. The highest BCUT2D eigenvalue weighted by Gasteiger charge is 2.19. The Morgan fingerprint density at radius 2 is 2.10 bits per heavy atom. The number of nitrogens with one attached hydrogen (secondary N) is 1. The molecule has 1 aromatic carbocycles. The first kappa shape index (κ1) is 16.0. The molecular weight excluding hydrogens is 262 g/mol. The van der Waals surface area contributed by atoms with Crippen molar-refractivity contribution in [2.45, 2.75) is 52.2 Å². The summed E-state index contributed by atoms with van der Waals surface area (Å²) in [6, 6.07) is 6.17. The predicted molar refractivity (Wildman–Crippen MR) is 87.4 cm³/mol. The number of aliphatic hydroxyl groups is 1. The summed E-state index contributed by atoms with van der Waals surface area (Å²) >= 11 is 0. The first-order chi connectivity index (χ1) is 10.1. The average molecular weight is 289 g/mol. The van der Waals surface area contributed by atoms with Gasteiger partial charge in [-0.3, -0.25) is 0 Å². The number of unbranched alkanes of at least 4 members (excludes halogenated alkanes) is 1. The minimum absolute atomic E-state index is 0.0961. The van der Waals surface area contributed by atoms with Crippen molar-refractivity contribution in [3.05, 3.63) is 29.6 Å². The number of aliphatic hydroxyl groups excluding tert-OH is 1. The number of aromatic nitrogens is 2. The van der Waals surface area contributed by atoms with Crippen molar-refractivity contribution >= 4 is 11.0 Å². The number of hydrogen-bond donors (Lipinski definition) is 2. The smallest absolute Gasteiger partial charge is 0.106 e. The third kappa shape index (κ3) is 3.44. The first-order valence-electron chi connectivity index (χ1n) is 7.92. The van der Waals surface area contributed by atoms with Crippen LogP contribution in [0, 0.1) is 6.92 Å². The van der Waals surface area contributed by atoms with Gasteiger partial charge in [-0.2, -0.15) is 0 Å². The van der Waals surface area contributed by atoms with Crippen LogP contribution in [0.3, 0.4) is 0 Å². The van der Waals surface area contributed by atoms with E-state index in [2.05, 4.69) is 28.7 Å². The number of hydrogen-bond acceptors (Lipinski definition) is 3. The molecule has 2 aromatic rings. The quantitative estimate of drug-likeness (QED) is 0.770. The summed E-state index contributed by atoms with van der Waals surface area (Å²) in [5.74, 6) is 0.991. The van der Waals surface area contributed by atoms with E-state index in [0.29, 0.717) is 0 Å². The Morgan fingerprint density at radius 1 is 1.33 bits per heavy atom. The van der Waals surface area contributed by atoms with E-state index in [9.17, 15) is 5.11 Å². The van der Waals surface area contributed by atoms with Crippen molar-refractivity contribution in [1.29, 1.82) is 0 Å². The fourth-order valence-electron chi connectivity index (χ4n) is 2.70. The zero-order valence-corrected chi connectivity index (χ0v) is 13.6. The Bertz CT molecular complexity index is 591. The lowest BCUT2D eigenvalue weighted by Gasteiger charge is -2.23. The SMILES string of the molecule is CCCCNC(CC)C(O)c1ccc2c(c1)nc(C)n2C. The number of aryl methyl sites for hydroxylation is 2. The van der Waals surface area contributed by atoms with Gasteiger partial charge < -0.3 is 15.0 Å². The van der Waals surface area contributed by atoms with Gasteiger partial charge in [0.25, 0.3) is 0 Å². The van der Waals surface area contributed by atoms with Crippen molar-refractivity contribution in [3.63, 3.8) is 0 Å². The van der Waals surface area contributed by atoms with Crippen LogP contribution >= 0.6 is 0 Å². The van der Waals surface area contributed by atoms with Gasteiger partial charge in [0.15, 0.2) is 0 Å². The number of fused-ring (bicyclic) bond motifs is 1. The van der Waals surface area contributed by atoms with E-state index >= 15 is 0 Å². The maximum Gasteiger partial charge on any atom is 0.106 e. The third-order valence-electron chi connectivity index (χ3n) is 4.23. The van der Waals surface area contributed by atoms with Crippen LogP contribution in [0.25, 0.3) is 11.0 Å². The van der Waals surface area contributed by atoms with Gasteiger partial charge in [0.05, 0.1) is 17.1 Å². The summed E-state index contributed by atoms with van der Waals surface area (Å²) < 4.78 is 2.07. The second-order valence-electron chi connectivity index (χ2n) is 5.73. The fraction of sp³-hybridized carbons (Fsp3) is 0.588. The lowest BCUT2D eigenvalue weighted by atomic mass is 9.99. The zero-order chi connectivity index (χ0) is 15.4. The minimum atomic E-state index is -0.487. The molecule has 2 N–H and O–H groups in total. The van der Waals surface area contributed by atoms with E-state index in [1.54, 1.807) is 0 Å². The standard InChI is InChI=1S/C17H27N3O/c1-5-7-10-18-14(6-2)17(21)13-8-9-16-15(11-13)19-12(3)20(16)4/h8-9,11,14,17-18,21H,5-7,10H2,1-4H3. The van der Waals surface area contributed by atoms with Crippen LogP contribution in [0.1, 0.15) is 50.6 Å². The fourth-order valence-corrected chi connectivity index (χ4v) is 2.70. The summed E-state index contributed by atoms with van der Waals surface area (Å²) in [7, 11) is 2.02. The average Bonchev–Trinajstić information content (AvgIpc) is 2.77. The molecule has 2 rings (SSSR count). The molecular formula is C17H27N3O. The molecule has 21 heavy (non-hydrogen) atoms. The predicted octanol–water partition coefficient (Wildman–Crippen LogP) is 3.08. The van der Waals surface area contributed by atoms with E-state index in [1.807, 2.05) is 32.2 Å². The van der Waals surface area contributed by atoms with Gasteiger partial charge in [-0.15, -0.1) is 0 Å². The second kappa shape index (κ2) is 7.05. The van der Waals surface area contributed by atoms with E-state index in [-0.39, 0.29) is 6.04 Å². The van der Waals surface area contributed by atoms with Crippen LogP contribution in [-0.2, 0) is 7.05 Å². The molecule has 0 aliphatic heterocycles. The Kier molecular flexibility index (Phi) is 5.37. The third-order valence-corrected chi connectivity index (χ3v) is 4.23. The topological polar surface area (TPSA) is 50.1 Å². The molecule has 0 radical (unpaired) electrons.